The van der Waals surface area contributed by atoms with Gasteiger partial charge in [0.25, 0.3) is 5.91 Å². The van der Waals surface area contributed by atoms with Gasteiger partial charge in [-0.2, -0.15) is 0 Å². The summed E-state index contributed by atoms with van der Waals surface area (Å²) < 4.78 is 10.4. The lowest BCUT2D eigenvalue weighted by Gasteiger charge is -2.21. The van der Waals surface area contributed by atoms with Crippen LogP contribution in [0, 0.1) is 6.92 Å². The van der Waals surface area contributed by atoms with Crippen LogP contribution in [0.25, 0.3) is 0 Å². The van der Waals surface area contributed by atoms with E-state index in [1.807, 2.05) is 25.1 Å². The van der Waals surface area contributed by atoms with Crippen molar-refractivity contribution in [2.45, 2.75) is 26.9 Å². The molecule has 1 atom stereocenters. The molecule has 1 unspecified atom stereocenters. The van der Waals surface area contributed by atoms with Gasteiger partial charge < -0.3 is 14.4 Å². The largest absolute Gasteiger partial charge is 0.481 e. The highest BCUT2D eigenvalue weighted by atomic mass is 16.5. The normalized spacial score (nSPS) is 11.6. The molecule has 0 heterocycles. The molecule has 5 heteroatoms. The molecule has 0 fully saturated rings. The Kier molecular flexibility index (Phi) is 6.03. The molecule has 1 amide bonds. The number of hydrogen-bond donors (Lipinski definition) is 0. The van der Waals surface area contributed by atoms with Gasteiger partial charge in [-0.1, -0.05) is 12.1 Å². The lowest BCUT2D eigenvalue weighted by atomic mass is 10.2. The van der Waals surface area contributed by atoms with Crippen LogP contribution in [0.15, 0.2) is 24.3 Å². The molecule has 20 heavy (non-hydrogen) atoms. The maximum atomic E-state index is 12.1. The molecule has 110 valence electrons. The number of aryl methyl sites for hydroxylation is 1. The minimum atomic E-state index is -0.656. The maximum absolute atomic E-state index is 12.1. The zero-order valence-electron chi connectivity index (χ0n) is 12.4. The molecule has 0 bridgehead atoms. The highest BCUT2D eigenvalue weighted by molar-refractivity contribution is 5.84. The standard InChI is InChI=1S/C15H21NO4/c1-5-19-14(17)10-16(4)15(18)12(3)20-13-8-6-7-11(2)9-13/h6-9,12H,5,10H2,1-4H3. The SMILES string of the molecule is CCOC(=O)CN(C)C(=O)C(C)Oc1cccc(C)c1. The molecule has 0 N–H and O–H groups in total. The number of amides is 1. The topological polar surface area (TPSA) is 55.8 Å². The first-order valence-corrected chi connectivity index (χ1v) is 6.58. The van der Waals surface area contributed by atoms with E-state index in [4.69, 9.17) is 9.47 Å². The van der Waals surface area contributed by atoms with Crippen LogP contribution in [0.1, 0.15) is 19.4 Å². The number of rotatable bonds is 6. The Hall–Kier alpha value is -2.04. The molecular weight excluding hydrogens is 258 g/mol. The molecule has 1 aromatic carbocycles. The fourth-order valence-corrected chi connectivity index (χ4v) is 1.73. The minimum Gasteiger partial charge on any atom is -0.481 e. The van der Waals surface area contributed by atoms with Gasteiger partial charge in [-0.3, -0.25) is 9.59 Å². The van der Waals surface area contributed by atoms with E-state index in [0.29, 0.717) is 12.4 Å². The minimum absolute atomic E-state index is 0.0752. The van der Waals surface area contributed by atoms with Crippen molar-refractivity contribution < 1.29 is 19.1 Å². The van der Waals surface area contributed by atoms with E-state index >= 15 is 0 Å². The van der Waals surface area contributed by atoms with Crippen molar-refractivity contribution in [2.24, 2.45) is 0 Å². The first-order valence-electron chi connectivity index (χ1n) is 6.58. The highest BCUT2D eigenvalue weighted by Gasteiger charge is 2.21. The third-order valence-electron chi connectivity index (χ3n) is 2.70. The van der Waals surface area contributed by atoms with Crippen LogP contribution in [-0.4, -0.2) is 43.1 Å². The van der Waals surface area contributed by atoms with Gasteiger partial charge in [0.05, 0.1) is 6.61 Å². The van der Waals surface area contributed by atoms with Gasteiger partial charge in [0.15, 0.2) is 6.10 Å². The van der Waals surface area contributed by atoms with Crippen molar-refractivity contribution in [1.29, 1.82) is 0 Å². The molecule has 0 aromatic heterocycles. The lowest BCUT2D eigenvalue weighted by Crippen LogP contribution is -2.41. The van der Waals surface area contributed by atoms with Gasteiger partial charge in [0, 0.05) is 7.05 Å². The number of nitrogens with zero attached hydrogens (tertiary/aromatic N) is 1. The summed E-state index contributed by atoms with van der Waals surface area (Å²) in [4.78, 5) is 24.7. The number of carbonyl (C=O) groups excluding carboxylic acids is 2. The van der Waals surface area contributed by atoms with Crippen molar-refractivity contribution in [3.63, 3.8) is 0 Å². The summed E-state index contributed by atoms with van der Waals surface area (Å²) in [6.07, 6.45) is -0.656. The number of hydrogen-bond acceptors (Lipinski definition) is 4. The smallest absolute Gasteiger partial charge is 0.325 e. The second kappa shape index (κ2) is 7.53. The van der Waals surface area contributed by atoms with Crippen molar-refractivity contribution in [1.82, 2.24) is 4.90 Å². The third kappa shape index (κ3) is 4.91. The Morgan fingerprint density at radius 2 is 2.05 bits per heavy atom. The average Bonchev–Trinajstić information content (AvgIpc) is 2.37. The molecule has 1 rings (SSSR count). The molecule has 1 aromatic rings. The fraction of sp³-hybridized carbons (Fsp3) is 0.467. The second-order valence-electron chi connectivity index (χ2n) is 4.58. The monoisotopic (exact) mass is 279 g/mol. The van der Waals surface area contributed by atoms with Gasteiger partial charge in [-0.25, -0.2) is 0 Å². The molecule has 0 saturated carbocycles. The number of carbonyl (C=O) groups is 2. The van der Waals surface area contributed by atoms with E-state index in [2.05, 4.69) is 0 Å². The molecule has 0 spiro atoms. The number of benzene rings is 1. The van der Waals surface area contributed by atoms with E-state index in [-0.39, 0.29) is 12.5 Å². The summed E-state index contributed by atoms with van der Waals surface area (Å²) in [7, 11) is 1.55. The van der Waals surface area contributed by atoms with E-state index in [1.165, 1.54) is 4.90 Å². The molecule has 0 radical (unpaired) electrons. The quantitative estimate of drug-likeness (QED) is 0.745. The first kappa shape index (κ1) is 16.0. The summed E-state index contributed by atoms with van der Waals surface area (Å²) in [5.41, 5.74) is 1.06. The van der Waals surface area contributed by atoms with Crippen molar-refractivity contribution >= 4 is 11.9 Å². The Morgan fingerprint density at radius 1 is 1.35 bits per heavy atom. The number of likely N-dealkylation sites (N-methyl/N-ethyl adjacent to an activating group) is 1. The summed E-state index contributed by atoms with van der Waals surface area (Å²) in [6.45, 7) is 5.56. The van der Waals surface area contributed by atoms with Crippen LogP contribution in [0.5, 0.6) is 5.75 Å². The molecule has 0 aliphatic rings. The zero-order chi connectivity index (χ0) is 15.1. The van der Waals surface area contributed by atoms with Gasteiger partial charge in [0.2, 0.25) is 0 Å². The Labute approximate surface area is 119 Å². The van der Waals surface area contributed by atoms with Crippen LogP contribution in [-0.2, 0) is 14.3 Å². The summed E-state index contributed by atoms with van der Waals surface area (Å²) >= 11 is 0. The fourth-order valence-electron chi connectivity index (χ4n) is 1.73. The molecule has 0 aliphatic carbocycles. The van der Waals surface area contributed by atoms with Gasteiger partial charge in [-0.15, -0.1) is 0 Å². The predicted octanol–water partition coefficient (Wildman–Crippen LogP) is 1.78. The number of esters is 1. The second-order valence-corrected chi connectivity index (χ2v) is 4.58. The van der Waals surface area contributed by atoms with E-state index < -0.39 is 12.1 Å². The van der Waals surface area contributed by atoms with Gasteiger partial charge in [0.1, 0.15) is 12.3 Å². The summed E-state index contributed by atoms with van der Waals surface area (Å²) in [5, 5.41) is 0. The Morgan fingerprint density at radius 3 is 2.65 bits per heavy atom. The molecule has 0 aliphatic heterocycles. The first-order chi connectivity index (χ1) is 9.43. The lowest BCUT2D eigenvalue weighted by molar-refractivity contribution is -0.150. The van der Waals surface area contributed by atoms with Crippen molar-refractivity contribution in [2.75, 3.05) is 20.2 Å². The Bertz CT molecular complexity index is 473. The van der Waals surface area contributed by atoms with E-state index in [1.54, 1.807) is 27.0 Å². The van der Waals surface area contributed by atoms with Crippen LogP contribution >= 0.6 is 0 Å². The average molecular weight is 279 g/mol. The van der Waals surface area contributed by atoms with Crippen molar-refractivity contribution in [3.05, 3.63) is 29.8 Å². The molecular formula is C15H21NO4. The van der Waals surface area contributed by atoms with E-state index in [0.717, 1.165) is 5.56 Å². The van der Waals surface area contributed by atoms with Gasteiger partial charge in [-0.05, 0) is 38.5 Å². The van der Waals surface area contributed by atoms with Crippen LogP contribution in [0.2, 0.25) is 0 Å². The summed E-state index contributed by atoms with van der Waals surface area (Å²) in [6, 6.07) is 7.47. The van der Waals surface area contributed by atoms with Crippen LogP contribution in [0.3, 0.4) is 0 Å². The van der Waals surface area contributed by atoms with E-state index in [9.17, 15) is 9.59 Å². The highest BCUT2D eigenvalue weighted by Crippen LogP contribution is 2.14. The number of ether oxygens (including phenoxy) is 2. The predicted molar refractivity (Wildman–Crippen MR) is 75.5 cm³/mol. The van der Waals surface area contributed by atoms with Crippen LogP contribution < -0.4 is 4.74 Å². The van der Waals surface area contributed by atoms with Crippen LogP contribution in [0.4, 0.5) is 0 Å². The zero-order valence-corrected chi connectivity index (χ0v) is 12.4. The summed E-state index contributed by atoms with van der Waals surface area (Å²) in [5.74, 6) is -0.0546. The maximum Gasteiger partial charge on any atom is 0.325 e. The Balaban J connectivity index is 2.56. The third-order valence-corrected chi connectivity index (χ3v) is 2.70. The molecule has 0 saturated heterocycles. The molecule has 5 nitrogen and oxygen atoms in total. The van der Waals surface area contributed by atoms with Crippen molar-refractivity contribution in [3.8, 4) is 5.75 Å². The van der Waals surface area contributed by atoms with Gasteiger partial charge >= 0.3 is 5.97 Å².